The lowest BCUT2D eigenvalue weighted by Crippen LogP contribution is -2.53. The summed E-state index contributed by atoms with van der Waals surface area (Å²) >= 11 is 0. The second kappa shape index (κ2) is 17.5. The maximum atomic E-state index is 11.5. The fourth-order valence-electron chi connectivity index (χ4n) is 9.80. The van der Waals surface area contributed by atoms with Gasteiger partial charge in [0.05, 0.1) is 25.4 Å². The topological polar surface area (TPSA) is 140 Å². The zero-order valence-corrected chi connectivity index (χ0v) is 30.9. The number of aliphatic hydroxyl groups is 2. The number of piperidine rings is 6. The Kier molecular flexibility index (Phi) is 13.3. The van der Waals surface area contributed by atoms with Crippen LogP contribution in [0.4, 0.5) is 0 Å². The van der Waals surface area contributed by atoms with Crippen LogP contribution < -0.4 is 0 Å². The molecule has 4 atom stereocenters. The maximum Gasteiger partial charge on any atom is 0.394 e. The van der Waals surface area contributed by atoms with Crippen LogP contribution in [0.1, 0.15) is 88.2 Å². The van der Waals surface area contributed by atoms with Crippen LogP contribution in [0, 0.1) is 23.7 Å². The smallest absolute Gasteiger partial charge is 0.382 e. The van der Waals surface area contributed by atoms with Crippen molar-refractivity contribution in [3.8, 4) is 0 Å². The largest absolute Gasteiger partial charge is 0.394 e. The van der Waals surface area contributed by atoms with E-state index in [0.717, 1.165) is 49.9 Å². The highest BCUT2D eigenvalue weighted by Gasteiger charge is 2.44. The molecule has 4 bridgehead atoms. The van der Waals surface area contributed by atoms with Crippen molar-refractivity contribution >= 4 is 10.4 Å². The third kappa shape index (κ3) is 10.2. The van der Waals surface area contributed by atoms with Gasteiger partial charge >= 0.3 is 10.4 Å². The van der Waals surface area contributed by atoms with Crippen molar-refractivity contribution in [2.75, 3.05) is 52.5 Å². The van der Waals surface area contributed by atoms with Gasteiger partial charge in [-0.1, -0.05) is 86.3 Å². The number of rotatable bonds is 10. The summed E-state index contributed by atoms with van der Waals surface area (Å²) < 4.78 is 44.3. The van der Waals surface area contributed by atoms with Crippen LogP contribution in [0.15, 0.2) is 60.7 Å². The van der Waals surface area contributed by atoms with Gasteiger partial charge < -0.3 is 29.5 Å². The molecule has 0 amide bonds. The zero-order chi connectivity index (χ0) is 35.9. The second-order valence-corrected chi connectivity index (χ2v) is 16.9. The van der Waals surface area contributed by atoms with Gasteiger partial charge in [-0.15, -0.1) is 0 Å². The molecule has 10 nitrogen and oxygen atoms in total. The number of benzene rings is 2. The predicted molar refractivity (Wildman–Crippen MR) is 197 cm³/mol. The van der Waals surface area contributed by atoms with Crippen molar-refractivity contribution in [2.24, 2.45) is 23.7 Å². The van der Waals surface area contributed by atoms with Crippen molar-refractivity contribution in [3.05, 3.63) is 71.8 Å². The summed E-state index contributed by atoms with van der Waals surface area (Å²) in [7, 11) is -4.67. The van der Waals surface area contributed by atoms with Gasteiger partial charge in [-0.05, 0) is 112 Å². The van der Waals surface area contributed by atoms with Gasteiger partial charge in [0.2, 0.25) is 0 Å². The van der Waals surface area contributed by atoms with Crippen molar-refractivity contribution < 1.29 is 37.2 Å². The quantitative estimate of drug-likeness (QED) is 0.226. The Morgan fingerprint density at radius 2 is 0.882 bits per heavy atom. The number of ether oxygens (including phenoxy) is 2. The SMILES string of the molecule is O=S(=O)(O)O.OC(COC1CN2CCC1CC2)(c1ccccc1)C1CCCC1.OC(COC1CN2CCC1CC2)(c1ccccc1)C1CCCC1. The van der Waals surface area contributed by atoms with Crippen molar-refractivity contribution in [1.82, 2.24) is 9.80 Å². The van der Waals surface area contributed by atoms with Gasteiger partial charge in [-0.2, -0.15) is 8.42 Å². The third-order valence-electron chi connectivity index (χ3n) is 12.8. The fraction of sp³-hybridized carbons (Fsp3) is 0.700. The highest BCUT2D eigenvalue weighted by molar-refractivity contribution is 7.79. The molecule has 10 rings (SSSR count). The molecule has 2 saturated carbocycles. The second-order valence-electron chi connectivity index (χ2n) is 16.0. The molecule has 6 heterocycles. The Labute approximate surface area is 305 Å². The third-order valence-corrected chi connectivity index (χ3v) is 12.8. The zero-order valence-electron chi connectivity index (χ0n) is 30.1. The van der Waals surface area contributed by atoms with E-state index in [0.29, 0.717) is 49.1 Å². The van der Waals surface area contributed by atoms with Crippen LogP contribution in [0.5, 0.6) is 0 Å². The first-order valence-electron chi connectivity index (χ1n) is 19.4. The van der Waals surface area contributed by atoms with Crippen LogP contribution in [0.25, 0.3) is 0 Å². The number of fused-ring (bicyclic) bond motifs is 6. The molecule has 11 heteroatoms. The maximum absolute atomic E-state index is 11.5. The fourth-order valence-corrected chi connectivity index (χ4v) is 9.80. The Balaban J connectivity index is 0.000000156. The molecule has 6 saturated heterocycles. The van der Waals surface area contributed by atoms with Gasteiger partial charge in [0.15, 0.2) is 0 Å². The first-order chi connectivity index (χ1) is 24.5. The van der Waals surface area contributed by atoms with Gasteiger partial charge in [-0.25, -0.2) is 0 Å². The Morgan fingerprint density at radius 1 is 0.569 bits per heavy atom. The van der Waals surface area contributed by atoms with E-state index in [-0.39, 0.29) is 0 Å². The standard InChI is InChI=1S/2C20H29NO2.H2O4S/c2*22-20(18-8-4-5-9-18,17-6-2-1-3-7-17)15-23-19-14-21-12-10-16(19)11-13-21;1-5(2,3)4/h2*1-3,6-7,16,18-19,22H,4-5,8-15H2;(H2,1,2,3,4). The molecule has 2 aromatic carbocycles. The Hall–Kier alpha value is -1.93. The lowest BCUT2D eigenvalue weighted by atomic mass is 9.80. The molecule has 51 heavy (non-hydrogen) atoms. The number of hydrogen-bond acceptors (Lipinski definition) is 8. The minimum atomic E-state index is -4.67. The predicted octanol–water partition coefficient (Wildman–Crippen LogP) is 5.70. The molecular weight excluding hydrogens is 669 g/mol. The number of nitrogens with zero attached hydrogens (tertiary/aromatic N) is 2. The van der Waals surface area contributed by atoms with Crippen LogP contribution in [0.3, 0.4) is 0 Å². The first-order valence-corrected chi connectivity index (χ1v) is 20.8. The molecule has 4 N–H and O–H groups in total. The highest BCUT2D eigenvalue weighted by atomic mass is 32.3. The van der Waals surface area contributed by atoms with Crippen LogP contribution in [-0.2, 0) is 31.1 Å². The van der Waals surface area contributed by atoms with E-state index in [1.807, 2.05) is 36.4 Å². The molecule has 284 valence electrons. The average Bonchev–Trinajstić information content (AvgIpc) is 3.91. The van der Waals surface area contributed by atoms with E-state index >= 15 is 0 Å². The van der Waals surface area contributed by atoms with Crippen molar-refractivity contribution in [2.45, 2.75) is 100 Å². The molecule has 2 aromatic rings. The minimum absolute atomic E-state index is 0.314. The normalized spacial score (nSPS) is 31.5. The molecular formula is C40H60N2O8S. The van der Waals surface area contributed by atoms with Gasteiger partial charge in [-0.3, -0.25) is 9.11 Å². The molecule has 6 aliphatic heterocycles. The molecule has 8 fully saturated rings. The Bertz CT molecular complexity index is 1340. The summed E-state index contributed by atoms with van der Waals surface area (Å²) in [6.45, 7) is 7.95. The van der Waals surface area contributed by atoms with Gasteiger partial charge in [0.1, 0.15) is 11.2 Å². The van der Waals surface area contributed by atoms with Crippen LogP contribution in [0.2, 0.25) is 0 Å². The lowest BCUT2D eigenvalue weighted by molar-refractivity contribution is -0.143. The number of hydrogen-bond donors (Lipinski definition) is 4. The van der Waals surface area contributed by atoms with Crippen molar-refractivity contribution in [1.29, 1.82) is 0 Å². The summed E-state index contributed by atoms with van der Waals surface area (Å²) in [5.74, 6) is 2.07. The molecule has 8 aliphatic rings. The van der Waals surface area contributed by atoms with E-state index in [4.69, 9.17) is 27.0 Å². The van der Waals surface area contributed by atoms with Crippen LogP contribution >= 0.6 is 0 Å². The average molecular weight is 729 g/mol. The van der Waals surface area contributed by atoms with E-state index in [1.165, 1.54) is 77.5 Å². The molecule has 4 unspecified atom stereocenters. The lowest BCUT2D eigenvalue weighted by Gasteiger charge is -2.46. The van der Waals surface area contributed by atoms with Gasteiger partial charge in [0.25, 0.3) is 0 Å². The van der Waals surface area contributed by atoms with Crippen LogP contribution in [-0.4, -0.2) is 102 Å². The molecule has 0 spiro atoms. The Morgan fingerprint density at radius 3 is 1.16 bits per heavy atom. The van der Waals surface area contributed by atoms with E-state index in [2.05, 4.69) is 34.1 Å². The van der Waals surface area contributed by atoms with E-state index < -0.39 is 21.6 Å². The first kappa shape index (κ1) is 38.8. The molecule has 2 aliphatic carbocycles. The van der Waals surface area contributed by atoms with Crippen molar-refractivity contribution in [3.63, 3.8) is 0 Å². The summed E-state index contributed by atoms with van der Waals surface area (Å²) in [6, 6.07) is 20.4. The summed E-state index contributed by atoms with van der Waals surface area (Å²) in [5.41, 5.74) is 0.439. The van der Waals surface area contributed by atoms with Gasteiger partial charge in [0, 0.05) is 13.1 Å². The van der Waals surface area contributed by atoms with E-state index in [9.17, 15) is 10.2 Å². The summed E-state index contributed by atoms with van der Waals surface area (Å²) in [5, 5.41) is 23.1. The highest BCUT2D eigenvalue weighted by Crippen LogP contribution is 2.43. The van der Waals surface area contributed by atoms with E-state index in [1.54, 1.807) is 0 Å². The summed E-state index contributed by atoms with van der Waals surface area (Å²) in [6.07, 6.45) is 15.1. The monoisotopic (exact) mass is 728 g/mol. The summed E-state index contributed by atoms with van der Waals surface area (Å²) in [4.78, 5) is 5.03. The molecule has 0 aromatic heterocycles. The minimum Gasteiger partial charge on any atom is -0.382 e. The molecule has 0 radical (unpaired) electrons.